The van der Waals surface area contributed by atoms with Crippen molar-refractivity contribution in [2.75, 3.05) is 47.8 Å². The van der Waals surface area contributed by atoms with Crippen LogP contribution in [0.3, 0.4) is 0 Å². The molecule has 4 aromatic carbocycles. The third-order valence-corrected chi connectivity index (χ3v) is 17.3. The number of hydrogen-bond acceptors (Lipinski definition) is 13. The van der Waals surface area contributed by atoms with E-state index < -0.39 is 17.5 Å². The van der Waals surface area contributed by atoms with Gasteiger partial charge in [0.05, 0.1) is 33.4 Å². The van der Waals surface area contributed by atoms with Crippen molar-refractivity contribution in [1.29, 1.82) is 0 Å². The van der Waals surface area contributed by atoms with Gasteiger partial charge in [-0.1, -0.05) is 60.6 Å². The van der Waals surface area contributed by atoms with Gasteiger partial charge in [0.25, 0.3) is 5.91 Å². The van der Waals surface area contributed by atoms with Gasteiger partial charge in [0.1, 0.15) is 17.2 Å². The second kappa shape index (κ2) is 22.3. The Labute approximate surface area is 460 Å². The van der Waals surface area contributed by atoms with Crippen molar-refractivity contribution in [3.8, 4) is 16.9 Å². The van der Waals surface area contributed by atoms with E-state index in [2.05, 4.69) is 68.4 Å². The largest absolute Gasteiger partial charge is 0.490 e. The van der Waals surface area contributed by atoms with E-state index >= 15 is 0 Å². The molecule has 1 saturated carbocycles. The highest BCUT2D eigenvalue weighted by Gasteiger charge is 2.33. The van der Waals surface area contributed by atoms with Crippen molar-refractivity contribution in [1.82, 2.24) is 30.0 Å². The smallest absolute Gasteiger partial charge is 0.358 e. The van der Waals surface area contributed by atoms with Crippen molar-refractivity contribution in [3.05, 3.63) is 125 Å². The summed E-state index contributed by atoms with van der Waals surface area (Å²) in [5.41, 5.74) is 8.46. The number of nitrogens with one attached hydrogen (secondary N) is 2. The molecule has 0 spiro atoms. The van der Waals surface area contributed by atoms with E-state index in [-0.39, 0.29) is 29.5 Å². The summed E-state index contributed by atoms with van der Waals surface area (Å²) in [6.07, 6.45) is 9.65. The summed E-state index contributed by atoms with van der Waals surface area (Å²) in [5.74, 6) is 0.593. The molecular weight excluding hydrogens is 999 g/mol. The van der Waals surface area contributed by atoms with Crippen LogP contribution in [0.15, 0.2) is 91.0 Å². The van der Waals surface area contributed by atoms with Crippen molar-refractivity contribution in [2.45, 2.75) is 129 Å². The summed E-state index contributed by atoms with van der Waals surface area (Å²) in [4.78, 5) is 69.4. The lowest BCUT2D eigenvalue weighted by molar-refractivity contribution is -0.134. The van der Waals surface area contributed by atoms with Gasteiger partial charge in [-0.05, 0) is 169 Å². The number of unbranched alkanes of at least 4 members (excludes halogenated alkanes) is 1. The highest BCUT2D eigenvalue weighted by Crippen LogP contribution is 2.39. The fourth-order valence-electron chi connectivity index (χ4n) is 12.1. The Kier molecular flexibility index (Phi) is 15.1. The van der Waals surface area contributed by atoms with E-state index in [1.807, 2.05) is 99.2 Å². The van der Waals surface area contributed by atoms with E-state index in [1.165, 1.54) is 36.3 Å². The molecule has 7 aromatic rings. The van der Waals surface area contributed by atoms with Gasteiger partial charge in [-0.3, -0.25) is 34.6 Å². The number of piperazine rings is 1. The Hall–Kier alpha value is -7.17. The van der Waals surface area contributed by atoms with E-state index in [0.29, 0.717) is 60.0 Å². The predicted octanol–water partition coefficient (Wildman–Crippen LogP) is 11.2. The molecule has 78 heavy (non-hydrogen) atoms. The molecule has 0 bridgehead atoms. The van der Waals surface area contributed by atoms with Gasteiger partial charge < -0.3 is 19.3 Å². The van der Waals surface area contributed by atoms with Crippen LogP contribution in [-0.2, 0) is 34.3 Å². The fourth-order valence-corrected chi connectivity index (χ4v) is 13.0. The third-order valence-electron chi connectivity index (χ3n) is 16.4. The van der Waals surface area contributed by atoms with Gasteiger partial charge in [0, 0.05) is 74.4 Å². The Balaban J connectivity index is 0.682. The van der Waals surface area contributed by atoms with Gasteiger partial charge >= 0.3 is 5.97 Å². The number of imide groups is 1. The molecule has 0 unspecified atom stereocenters. The first kappa shape index (κ1) is 52.9. The van der Waals surface area contributed by atoms with E-state index in [0.717, 1.165) is 113 Å². The number of esters is 1. The summed E-state index contributed by atoms with van der Waals surface area (Å²) in [6, 6.07) is 30.6. The Morgan fingerprint density at radius 1 is 0.846 bits per heavy atom. The van der Waals surface area contributed by atoms with Crippen LogP contribution in [0.25, 0.3) is 32.2 Å². The maximum Gasteiger partial charge on any atom is 0.358 e. The average Bonchev–Trinajstić information content (AvgIpc) is 4.14. The van der Waals surface area contributed by atoms with Crippen molar-refractivity contribution in [3.63, 3.8) is 0 Å². The molecule has 15 nitrogen and oxygen atoms in total. The monoisotopic (exact) mass is 1070 g/mol. The van der Waals surface area contributed by atoms with Crippen LogP contribution in [-0.4, -0.2) is 98.8 Å². The van der Waals surface area contributed by atoms with Crippen molar-refractivity contribution < 1.29 is 28.7 Å². The summed E-state index contributed by atoms with van der Waals surface area (Å²) in [5, 5.41) is 11.8. The number of aromatic nitrogens is 4. The number of fused-ring (bicyclic) bond motifs is 3. The van der Waals surface area contributed by atoms with Gasteiger partial charge in [-0.25, -0.2) is 14.8 Å². The van der Waals surface area contributed by atoms with Crippen molar-refractivity contribution in [2.24, 2.45) is 13.0 Å². The predicted molar refractivity (Wildman–Crippen MR) is 308 cm³/mol. The molecule has 3 aliphatic heterocycles. The number of nitrogens with zero attached hydrogens (tertiary/aromatic N) is 7. The summed E-state index contributed by atoms with van der Waals surface area (Å²) >= 11 is 1.45. The molecular formula is C62H71N9O6S. The summed E-state index contributed by atoms with van der Waals surface area (Å²) in [6.45, 7) is 15.2. The minimum absolute atomic E-state index is 0.124. The first-order valence-electron chi connectivity index (χ1n) is 28.0. The van der Waals surface area contributed by atoms with Crippen LogP contribution >= 0.6 is 11.3 Å². The van der Waals surface area contributed by atoms with Crippen LogP contribution in [0.1, 0.15) is 135 Å². The number of rotatable bonds is 14. The quantitative estimate of drug-likeness (QED) is 0.0603. The molecule has 1 aliphatic carbocycles. The maximum absolute atomic E-state index is 14.1. The van der Waals surface area contributed by atoms with E-state index in [1.54, 1.807) is 0 Å². The molecule has 16 heteroatoms. The molecule has 6 heterocycles. The minimum atomic E-state index is -0.731. The van der Waals surface area contributed by atoms with Crippen LogP contribution in [0.2, 0.25) is 0 Å². The fraction of sp³-hybridized carbons (Fsp3) is 0.435. The highest BCUT2D eigenvalue weighted by molar-refractivity contribution is 7.22. The minimum Gasteiger partial charge on any atom is -0.490 e. The molecule has 3 fully saturated rings. The average molecular weight is 1070 g/mol. The maximum atomic E-state index is 14.1. The molecule has 2 saturated heterocycles. The Morgan fingerprint density at radius 3 is 2.46 bits per heavy atom. The number of piperidine rings is 1. The van der Waals surface area contributed by atoms with Crippen LogP contribution in [0.4, 0.5) is 16.6 Å². The molecule has 2 N–H and O–H groups in total. The van der Waals surface area contributed by atoms with Gasteiger partial charge in [0.2, 0.25) is 11.8 Å². The number of para-hydroxylation sites is 1. The Bertz CT molecular complexity index is 3380. The number of pyridine rings is 1. The zero-order chi connectivity index (χ0) is 54.2. The first-order chi connectivity index (χ1) is 37.6. The highest BCUT2D eigenvalue weighted by atomic mass is 32.1. The number of benzene rings is 4. The molecule has 11 rings (SSSR count). The topological polar surface area (TPSA) is 164 Å². The molecule has 2 atom stereocenters. The number of hydrogen-bond donors (Lipinski definition) is 2. The number of ether oxygens (including phenoxy) is 2. The number of carbonyl (C=O) groups is 4. The standard InChI is InChI=1S/C62H71N9O6S/c1-38-36-70(42-22-25-47-51(35-42)68(6)67-56(47)48-27-29-55(72)65-59(48)74)34-33-69(38)31-10-9-13-40-20-23-43(24-21-40)76-52-18-12-15-44(39(52)2)45-26-28-54(64-57(45)60(75)77-62(3,4)5)71-32-30-41-14-11-16-46(49(41)37-71)58(73)66-61-63-50-17-7-8-19-53(50)78-61/h7-8,11-12,14-19,22,25-26,28,35,38,40,43,48H,9-10,13,20-21,23-24,27,29-34,36-37H2,1-6H3,(H,63,66,73)(H,65,72,74)/t38-,40?,43?,48-/m0/s1. The van der Waals surface area contributed by atoms with E-state index in [9.17, 15) is 19.2 Å². The van der Waals surface area contributed by atoms with Crippen LogP contribution in [0, 0.1) is 12.8 Å². The lowest BCUT2D eigenvalue weighted by atomic mass is 9.84. The van der Waals surface area contributed by atoms with Gasteiger partial charge in [-0.15, -0.1) is 0 Å². The van der Waals surface area contributed by atoms with Crippen molar-refractivity contribution >= 4 is 72.8 Å². The third kappa shape index (κ3) is 11.4. The number of carbonyl (C=O) groups excluding carboxylic acids is 4. The zero-order valence-electron chi connectivity index (χ0n) is 45.8. The normalized spacial score (nSPS) is 20.2. The molecule has 3 amide bonds. The SMILES string of the molecule is Cc1c(OC2CCC(CCCCN3CCN(c4ccc5c([C@@H]6CCC(=O)NC6=O)nn(C)c5c4)C[C@@H]3C)CC2)cccc1-c1ccc(N2CCc3cccc(C(=O)Nc4nc5ccccc5s4)c3C2)nc1C(=O)OC(C)(C)C. The lowest BCUT2D eigenvalue weighted by Crippen LogP contribution is -2.52. The summed E-state index contributed by atoms with van der Waals surface area (Å²) in [7, 11) is 1.93. The van der Waals surface area contributed by atoms with Gasteiger partial charge in [-0.2, -0.15) is 5.10 Å². The van der Waals surface area contributed by atoms with Crippen LogP contribution < -0.4 is 25.2 Å². The molecule has 3 aromatic heterocycles. The van der Waals surface area contributed by atoms with Gasteiger partial charge in [0.15, 0.2) is 10.8 Å². The molecule has 406 valence electrons. The first-order valence-corrected chi connectivity index (χ1v) is 28.8. The number of aryl methyl sites for hydroxylation is 1. The lowest BCUT2D eigenvalue weighted by Gasteiger charge is -2.41. The second-order valence-corrected chi connectivity index (χ2v) is 23.9. The zero-order valence-corrected chi connectivity index (χ0v) is 46.6. The Morgan fingerprint density at radius 2 is 1.67 bits per heavy atom. The van der Waals surface area contributed by atoms with Crippen LogP contribution in [0.5, 0.6) is 5.75 Å². The number of amides is 3. The number of anilines is 3. The second-order valence-electron chi connectivity index (χ2n) is 22.9. The summed E-state index contributed by atoms with van der Waals surface area (Å²) < 4.78 is 15.7. The number of thiazole rings is 1. The van der Waals surface area contributed by atoms with E-state index in [4.69, 9.17) is 19.6 Å². The molecule has 0 radical (unpaired) electrons. The molecule has 4 aliphatic rings.